The average Bonchev–Trinajstić information content (AvgIpc) is 3.06. The lowest BCUT2D eigenvalue weighted by Crippen LogP contribution is -2.00. The summed E-state index contributed by atoms with van der Waals surface area (Å²) in [6, 6.07) is 0. The fourth-order valence-corrected chi connectivity index (χ4v) is 3.26. The Morgan fingerprint density at radius 1 is 1.10 bits per heavy atom. The lowest BCUT2D eigenvalue weighted by molar-refractivity contribution is -0.137. The Morgan fingerprint density at radius 3 is 2.25 bits per heavy atom. The van der Waals surface area contributed by atoms with E-state index in [4.69, 9.17) is 9.84 Å². The number of unbranched alkanes of at least 4 members (excludes halogenated alkanes) is 2. The summed E-state index contributed by atoms with van der Waals surface area (Å²) in [5, 5.41) is 29.0. The number of hydrogen-bond donors (Lipinski definition) is 3. The van der Waals surface area contributed by atoms with Crippen molar-refractivity contribution in [1.29, 1.82) is 0 Å². The minimum absolute atomic E-state index is 0.0749. The van der Waals surface area contributed by atoms with E-state index in [0.29, 0.717) is 13.0 Å². The van der Waals surface area contributed by atoms with Crippen molar-refractivity contribution in [2.24, 2.45) is 0 Å². The predicted molar refractivity (Wildman–Crippen MR) is 69.7 cm³/mol. The topological polar surface area (TPSA) is 91.9 Å². The molecule has 0 radical (unpaired) electrons. The van der Waals surface area contributed by atoms with Gasteiger partial charge < -0.3 is 20.1 Å². The number of nitrogens with zero attached hydrogens (tertiary/aromatic N) is 1. The molecule has 2 aliphatic heterocycles. The van der Waals surface area contributed by atoms with Gasteiger partial charge in [-0.1, -0.05) is 6.42 Å². The van der Waals surface area contributed by atoms with E-state index in [9.17, 15) is 15.0 Å². The lowest BCUT2D eigenvalue weighted by Gasteiger charge is -2.09. The van der Waals surface area contributed by atoms with Crippen molar-refractivity contribution in [2.45, 2.75) is 57.3 Å². The Labute approximate surface area is 116 Å². The molecule has 3 N–H and O–H groups in total. The highest BCUT2D eigenvalue weighted by molar-refractivity contribution is 5.66. The molecule has 2 atom stereocenters. The van der Waals surface area contributed by atoms with Crippen molar-refractivity contribution in [3.8, 4) is 11.8 Å². The maximum atomic E-state index is 10.4. The van der Waals surface area contributed by atoms with Crippen LogP contribution in [-0.4, -0.2) is 25.9 Å². The van der Waals surface area contributed by atoms with Crippen LogP contribution in [0.15, 0.2) is 0 Å². The molecule has 0 spiro atoms. The smallest absolute Gasteiger partial charge is 0.303 e. The van der Waals surface area contributed by atoms with Crippen LogP contribution in [0.2, 0.25) is 0 Å². The van der Waals surface area contributed by atoms with Crippen LogP contribution in [0, 0.1) is 0 Å². The molecule has 0 saturated carbocycles. The Bertz CT molecular complexity index is 503. The van der Waals surface area contributed by atoms with E-state index >= 15 is 0 Å². The number of fused-ring (bicyclic) bond motifs is 5. The summed E-state index contributed by atoms with van der Waals surface area (Å²) in [4.78, 5) is 10.4. The van der Waals surface area contributed by atoms with Crippen LogP contribution in [0.5, 0.6) is 11.8 Å². The van der Waals surface area contributed by atoms with Crippen molar-refractivity contribution in [3.63, 3.8) is 0 Å². The molecule has 2 aliphatic rings. The lowest BCUT2D eigenvalue weighted by atomic mass is 9.95. The molecule has 3 heterocycles. The predicted octanol–water partition coefficient (Wildman–Crippen LogP) is 2.45. The van der Waals surface area contributed by atoms with Crippen molar-refractivity contribution in [1.82, 2.24) is 4.57 Å². The summed E-state index contributed by atoms with van der Waals surface area (Å²) < 4.78 is 7.20. The highest BCUT2D eigenvalue weighted by Crippen LogP contribution is 2.57. The van der Waals surface area contributed by atoms with E-state index in [2.05, 4.69) is 0 Å². The summed E-state index contributed by atoms with van der Waals surface area (Å²) in [6.07, 6.45) is 3.92. The van der Waals surface area contributed by atoms with Gasteiger partial charge in [-0.05, 0) is 25.7 Å². The number of aromatic hydroxyl groups is 2. The number of hydrogen-bond acceptors (Lipinski definition) is 4. The summed E-state index contributed by atoms with van der Waals surface area (Å²) in [5.74, 6) is -0.560. The summed E-state index contributed by atoms with van der Waals surface area (Å²) in [7, 11) is 0. The molecular weight excluding hydrogens is 262 g/mol. The molecule has 1 fully saturated rings. The summed E-state index contributed by atoms with van der Waals surface area (Å²) in [5.41, 5.74) is 1.51. The van der Waals surface area contributed by atoms with Crippen LogP contribution < -0.4 is 0 Å². The standard InChI is InChI=1S/C14H19NO5/c16-10(17)4-2-1-3-7-15-13(18)11-8-5-6-9(20-8)12(11)14(15)19/h8-9,18-19H,1-7H2,(H,16,17)/t8-,9+. The zero-order valence-corrected chi connectivity index (χ0v) is 11.2. The van der Waals surface area contributed by atoms with E-state index in [1.807, 2.05) is 0 Å². The number of carbonyl (C=O) groups is 1. The van der Waals surface area contributed by atoms with Crippen molar-refractivity contribution >= 4 is 5.97 Å². The fraction of sp³-hybridized carbons (Fsp3) is 0.643. The van der Waals surface area contributed by atoms with Gasteiger partial charge in [-0.15, -0.1) is 0 Å². The first-order valence-corrected chi connectivity index (χ1v) is 7.11. The number of rotatable bonds is 6. The van der Waals surface area contributed by atoms with E-state index < -0.39 is 5.97 Å². The number of aromatic nitrogens is 1. The van der Waals surface area contributed by atoms with Gasteiger partial charge in [-0.25, -0.2) is 0 Å². The third-order valence-electron chi connectivity index (χ3n) is 4.22. The second kappa shape index (κ2) is 5.01. The molecule has 1 aromatic rings. The first-order valence-electron chi connectivity index (χ1n) is 7.11. The fourth-order valence-electron chi connectivity index (χ4n) is 3.26. The number of ether oxygens (including phenoxy) is 1. The molecule has 20 heavy (non-hydrogen) atoms. The number of carboxylic acids is 1. The third kappa shape index (κ3) is 2.04. The highest BCUT2D eigenvalue weighted by atomic mass is 16.5. The molecule has 1 saturated heterocycles. The molecule has 6 heteroatoms. The Kier molecular flexibility index (Phi) is 3.33. The summed E-state index contributed by atoms with van der Waals surface area (Å²) >= 11 is 0. The third-order valence-corrected chi connectivity index (χ3v) is 4.22. The second-order valence-corrected chi connectivity index (χ2v) is 5.52. The van der Waals surface area contributed by atoms with E-state index in [0.717, 1.165) is 36.8 Å². The molecule has 1 aromatic heterocycles. The van der Waals surface area contributed by atoms with Crippen molar-refractivity contribution in [2.75, 3.05) is 0 Å². The van der Waals surface area contributed by atoms with Crippen molar-refractivity contribution in [3.05, 3.63) is 11.1 Å². The van der Waals surface area contributed by atoms with Crippen LogP contribution >= 0.6 is 0 Å². The van der Waals surface area contributed by atoms with Gasteiger partial charge in [0.05, 0.1) is 23.3 Å². The van der Waals surface area contributed by atoms with Gasteiger partial charge in [0, 0.05) is 13.0 Å². The van der Waals surface area contributed by atoms with Gasteiger partial charge in [0.1, 0.15) is 0 Å². The zero-order valence-electron chi connectivity index (χ0n) is 11.2. The first kappa shape index (κ1) is 13.3. The Balaban J connectivity index is 1.65. The Morgan fingerprint density at radius 2 is 1.70 bits per heavy atom. The Hall–Kier alpha value is -1.69. The minimum atomic E-state index is -0.788. The maximum Gasteiger partial charge on any atom is 0.303 e. The molecule has 110 valence electrons. The van der Waals surface area contributed by atoms with Crippen LogP contribution in [-0.2, 0) is 16.1 Å². The molecule has 0 aromatic carbocycles. The van der Waals surface area contributed by atoms with Gasteiger partial charge in [0.25, 0.3) is 0 Å². The quantitative estimate of drug-likeness (QED) is 0.697. The normalized spacial score (nSPS) is 23.2. The van der Waals surface area contributed by atoms with Gasteiger partial charge >= 0.3 is 5.97 Å². The van der Waals surface area contributed by atoms with Gasteiger partial charge in [-0.2, -0.15) is 0 Å². The van der Waals surface area contributed by atoms with E-state index in [-0.39, 0.29) is 30.4 Å². The molecule has 6 nitrogen and oxygen atoms in total. The number of carboxylic acid groups (broad SMARTS) is 1. The zero-order chi connectivity index (χ0) is 14.3. The van der Waals surface area contributed by atoms with E-state index in [1.54, 1.807) is 0 Å². The molecule has 0 aliphatic carbocycles. The van der Waals surface area contributed by atoms with Crippen LogP contribution in [0.4, 0.5) is 0 Å². The minimum Gasteiger partial charge on any atom is -0.494 e. The average molecular weight is 281 g/mol. The van der Waals surface area contributed by atoms with Crippen LogP contribution in [0.3, 0.4) is 0 Å². The number of aliphatic carboxylic acids is 1. The molecule has 0 unspecified atom stereocenters. The van der Waals surface area contributed by atoms with Crippen molar-refractivity contribution < 1.29 is 24.9 Å². The monoisotopic (exact) mass is 281 g/mol. The molecular formula is C14H19NO5. The van der Waals surface area contributed by atoms with E-state index in [1.165, 1.54) is 4.57 Å². The van der Waals surface area contributed by atoms with Gasteiger partial charge in [0.2, 0.25) is 0 Å². The molecule has 2 bridgehead atoms. The highest BCUT2D eigenvalue weighted by Gasteiger charge is 2.45. The van der Waals surface area contributed by atoms with Gasteiger partial charge in [0.15, 0.2) is 11.8 Å². The second-order valence-electron chi connectivity index (χ2n) is 5.52. The largest absolute Gasteiger partial charge is 0.494 e. The summed E-state index contributed by atoms with van der Waals surface area (Å²) in [6.45, 7) is 0.504. The van der Waals surface area contributed by atoms with Crippen LogP contribution in [0.1, 0.15) is 61.9 Å². The van der Waals surface area contributed by atoms with Crippen LogP contribution in [0.25, 0.3) is 0 Å². The SMILES string of the molecule is O=C(O)CCCCCn1c(O)c2c(c1O)[C@H]1CC[C@@H]2O1. The maximum absolute atomic E-state index is 10.4. The molecule has 3 rings (SSSR count). The molecule has 0 amide bonds. The first-order chi connectivity index (χ1) is 9.59. The van der Waals surface area contributed by atoms with Gasteiger partial charge in [-0.3, -0.25) is 9.36 Å².